The van der Waals surface area contributed by atoms with Crippen molar-refractivity contribution in [2.75, 3.05) is 18.0 Å². The highest BCUT2D eigenvalue weighted by Gasteiger charge is 2.25. The maximum absolute atomic E-state index is 7.33. The van der Waals surface area contributed by atoms with E-state index < -0.39 is 0 Å². The van der Waals surface area contributed by atoms with Crippen LogP contribution in [0.15, 0.2) is 18.3 Å². The van der Waals surface area contributed by atoms with Crippen molar-refractivity contribution >= 4 is 11.7 Å². The minimum atomic E-state index is 0.0746. The molecule has 0 amide bonds. The molecule has 0 saturated carbocycles. The van der Waals surface area contributed by atoms with Crippen LogP contribution in [-0.4, -0.2) is 23.9 Å². The number of hydrogen-bond donors (Lipinski definition) is 2. The lowest BCUT2D eigenvalue weighted by molar-refractivity contribution is 0.422. The number of pyridine rings is 1. The van der Waals surface area contributed by atoms with Gasteiger partial charge in [0.2, 0.25) is 0 Å². The van der Waals surface area contributed by atoms with Crippen molar-refractivity contribution < 1.29 is 0 Å². The summed E-state index contributed by atoms with van der Waals surface area (Å²) >= 11 is 0. The van der Waals surface area contributed by atoms with Crippen LogP contribution < -0.4 is 10.6 Å². The summed E-state index contributed by atoms with van der Waals surface area (Å²) in [5, 5.41) is 7.33. The minimum Gasteiger partial charge on any atom is -0.384 e. The number of aromatic nitrogens is 1. The second-order valence-electron chi connectivity index (χ2n) is 5.06. The Morgan fingerprint density at radius 2 is 2.29 bits per heavy atom. The first-order valence-corrected chi connectivity index (χ1v) is 6.13. The molecule has 1 aromatic rings. The first kappa shape index (κ1) is 11.9. The van der Waals surface area contributed by atoms with Crippen molar-refractivity contribution in [2.45, 2.75) is 20.3 Å². The Hall–Kier alpha value is -1.58. The molecule has 1 aliphatic rings. The van der Waals surface area contributed by atoms with Crippen molar-refractivity contribution in [2.24, 2.45) is 17.6 Å². The Morgan fingerprint density at radius 3 is 2.76 bits per heavy atom. The van der Waals surface area contributed by atoms with Gasteiger partial charge in [-0.3, -0.25) is 5.41 Å². The van der Waals surface area contributed by atoms with Gasteiger partial charge in [-0.2, -0.15) is 0 Å². The molecule has 1 fully saturated rings. The zero-order valence-electron chi connectivity index (χ0n) is 10.5. The Balaban J connectivity index is 2.06. The van der Waals surface area contributed by atoms with Crippen LogP contribution in [0.3, 0.4) is 0 Å². The van der Waals surface area contributed by atoms with E-state index in [1.54, 1.807) is 6.20 Å². The molecule has 1 saturated heterocycles. The minimum absolute atomic E-state index is 0.0746. The molecule has 3 N–H and O–H groups in total. The van der Waals surface area contributed by atoms with Crippen LogP contribution in [0.25, 0.3) is 0 Å². The van der Waals surface area contributed by atoms with Gasteiger partial charge in [0, 0.05) is 24.8 Å². The number of anilines is 1. The monoisotopic (exact) mass is 232 g/mol. The molecule has 0 aromatic carbocycles. The van der Waals surface area contributed by atoms with Crippen molar-refractivity contribution in [3.05, 3.63) is 23.9 Å². The molecular weight excluding hydrogens is 212 g/mol. The first-order valence-electron chi connectivity index (χ1n) is 6.13. The molecule has 2 rings (SSSR count). The Bertz CT molecular complexity index is 396. The largest absolute Gasteiger partial charge is 0.384 e. The number of nitrogens with two attached hydrogens (primary N) is 1. The van der Waals surface area contributed by atoms with Crippen molar-refractivity contribution in [3.63, 3.8) is 0 Å². The Kier molecular flexibility index (Phi) is 3.31. The van der Waals surface area contributed by atoms with Gasteiger partial charge in [-0.25, -0.2) is 4.98 Å². The summed E-state index contributed by atoms with van der Waals surface area (Å²) in [7, 11) is 0. The summed E-state index contributed by atoms with van der Waals surface area (Å²) in [5.74, 6) is 2.57. The Labute approximate surface area is 102 Å². The third-order valence-corrected chi connectivity index (χ3v) is 3.55. The summed E-state index contributed by atoms with van der Waals surface area (Å²) in [6.45, 7) is 6.72. The average Bonchev–Trinajstić information content (AvgIpc) is 2.78. The van der Waals surface area contributed by atoms with Crippen molar-refractivity contribution in [1.82, 2.24) is 4.98 Å². The van der Waals surface area contributed by atoms with Crippen LogP contribution in [0.2, 0.25) is 0 Å². The number of nitrogens with zero attached hydrogens (tertiary/aromatic N) is 2. The first-order chi connectivity index (χ1) is 8.08. The van der Waals surface area contributed by atoms with Crippen molar-refractivity contribution in [3.8, 4) is 0 Å². The van der Waals surface area contributed by atoms with Crippen LogP contribution >= 0.6 is 0 Å². The van der Waals surface area contributed by atoms with E-state index in [1.807, 2.05) is 12.1 Å². The van der Waals surface area contributed by atoms with Crippen LogP contribution in [0, 0.1) is 17.2 Å². The fourth-order valence-corrected chi connectivity index (χ4v) is 2.27. The van der Waals surface area contributed by atoms with Gasteiger partial charge in [0.25, 0.3) is 0 Å². The predicted octanol–water partition coefficient (Wildman–Crippen LogP) is 1.85. The lowest BCUT2D eigenvalue weighted by Crippen LogP contribution is -2.22. The molecule has 17 heavy (non-hydrogen) atoms. The quantitative estimate of drug-likeness (QED) is 0.617. The number of hydrogen-bond acceptors (Lipinski definition) is 3. The lowest BCUT2D eigenvalue weighted by Gasteiger charge is -2.19. The zero-order chi connectivity index (χ0) is 12.4. The maximum Gasteiger partial charge on any atom is 0.128 e. The van der Waals surface area contributed by atoms with E-state index in [4.69, 9.17) is 11.1 Å². The third-order valence-electron chi connectivity index (χ3n) is 3.55. The standard InChI is InChI=1S/C13H20N4/c1-9(2)11-5-6-17(8-11)12-4-3-10(7-16-12)13(14)15/h3-4,7,9,11H,5-6,8H2,1-2H3,(H3,14,15). The lowest BCUT2D eigenvalue weighted by atomic mass is 9.95. The van der Waals surface area contributed by atoms with Crippen LogP contribution in [0.5, 0.6) is 0 Å². The number of rotatable bonds is 3. The summed E-state index contributed by atoms with van der Waals surface area (Å²) in [6, 6.07) is 3.83. The van der Waals surface area contributed by atoms with Crippen LogP contribution in [0.1, 0.15) is 25.8 Å². The van der Waals surface area contributed by atoms with E-state index in [2.05, 4.69) is 23.7 Å². The summed E-state index contributed by atoms with van der Waals surface area (Å²) < 4.78 is 0. The highest BCUT2D eigenvalue weighted by molar-refractivity contribution is 5.94. The van der Waals surface area contributed by atoms with Gasteiger partial charge in [-0.1, -0.05) is 13.8 Å². The molecule has 0 aliphatic carbocycles. The summed E-state index contributed by atoms with van der Waals surface area (Å²) in [6.07, 6.45) is 2.92. The smallest absolute Gasteiger partial charge is 0.128 e. The van der Waals surface area contributed by atoms with Crippen LogP contribution in [-0.2, 0) is 0 Å². The molecule has 4 heteroatoms. The van der Waals surface area contributed by atoms with Gasteiger partial charge in [0.05, 0.1) is 0 Å². The maximum atomic E-state index is 7.33. The molecule has 1 atom stereocenters. The Morgan fingerprint density at radius 1 is 1.53 bits per heavy atom. The van der Waals surface area contributed by atoms with E-state index >= 15 is 0 Å². The molecule has 0 bridgehead atoms. The molecule has 4 nitrogen and oxygen atoms in total. The highest BCUT2D eigenvalue weighted by Crippen LogP contribution is 2.26. The molecule has 1 aromatic heterocycles. The van der Waals surface area contributed by atoms with Crippen molar-refractivity contribution in [1.29, 1.82) is 5.41 Å². The van der Waals surface area contributed by atoms with Gasteiger partial charge < -0.3 is 10.6 Å². The summed E-state index contributed by atoms with van der Waals surface area (Å²) in [4.78, 5) is 6.69. The second-order valence-corrected chi connectivity index (χ2v) is 5.06. The molecule has 92 valence electrons. The normalized spacial score (nSPS) is 19.9. The SMILES string of the molecule is CC(C)C1CCN(c2ccc(C(=N)N)cn2)C1. The molecule has 2 heterocycles. The van der Waals surface area contributed by atoms with E-state index in [9.17, 15) is 0 Å². The van der Waals surface area contributed by atoms with Gasteiger partial charge in [-0.05, 0) is 30.4 Å². The fourth-order valence-electron chi connectivity index (χ4n) is 2.27. The van der Waals surface area contributed by atoms with Gasteiger partial charge in [0.15, 0.2) is 0 Å². The van der Waals surface area contributed by atoms with E-state index in [0.29, 0.717) is 5.56 Å². The highest BCUT2D eigenvalue weighted by atomic mass is 15.2. The van der Waals surface area contributed by atoms with Gasteiger partial charge in [0.1, 0.15) is 11.7 Å². The van der Waals surface area contributed by atoms with Gasteiger partial charge >= 0.3 is 0 Å². The van der Waals surface area contributed by atoms with Crippen LogP contribution in [0.4, 0.5) is 5.82 Å². The number of nitrogen functional groups attached to an aromatic ring is 1. The van der Waals surface area contributed by atoms with E-state index in [0.717, 1.165) is 30.7 Å². The van der Waals surface area contributed by atoms with Gasteiger partial charge in [-0.15, -0.1) is 0 Å². The molecule has 0 radical (unpaired) electrons. The number of nitrogens with one attached hydrogen (secondary N) is 1. The topological polar surface area (TPSA) is 66.0 Å². The molecule has 1 aliphatic heterocycles. The summed E-state index contributed by atoms with van der Waals surface area (Å²) in [5.41, 5.74) is 6.10. The van der Waals surface area contributed by atoms with E-state index in [-0.39, 0.29) is 5.84 Å². The average molecular weight is 232 g/mol. The fraction of sp³-hybridized carbons (Fsp3) is 0.538. The van der Waals surface area contributed by atoms with E-state index in [1.165, 1.54) is 6.42 Å². The molecular formula is C13H20N4. The predicted molar refractivity (Wildman–Crippen MR) is 70.4 cm³/mol. The number of amidine groups is 1. The second kappa shape index (κ2) is 4.73. The molecule has 1 unspecified atom stereocenters. The zero-order valence-corrected chi connectivity index (χ0v) is 10.5. The third kappa shape index (κ3) is 2.57. The molecule has 0 spiro atoms.